The summed E-state index contributed by atoms with van der Waals surface area (Å²) >= 11 is 0. The van der Waals surface area contributed by atoms with E-state index in [0.29, 0.717) is 16.9 Å². The second-order valence-corrected chi connectivity index (χ2v) is 7.69. The Kier molecular flexibility index (Phi) is 4.70. The Balaban J connectivity index is 1.79. The molecule has 8 nitrogen and oxygen atoms in total. The van der Waals surface area contributed by atoms with Crippen molar-refractivity contribution in [2.45, 2.75) is 12.3 Å². The molecule has 0 amide bonds. The van der Waals surface area contributed by atoms with Crippen molar-refractivity contribution >= 4 is 16.9 Å². The molecule has 1 atom stereocenters. The van der Waals surface area contributed by atoms with Gasteiger partial charge in [-0.15, -0.1) is 0 Å². The molecule has 0 radical (unpaired) electrons. The van der Waals surface area contributed by atoms with E-state index in [-0.39, 0.29) is 46.1 Å². The topological polar surface area (TPSA) is 126 Å². The number of rotatable bonds is 3. The highest BCUT2D eigenvalue weighted by Gasteiger charge is 2.33. The minimum Gasteiger partial charge on any atom is -0.507 e. The summed E-state index contributed by atoms with van der Waals surface area (Å²) in [6.45, 7) is 0. The number of phenolic OH excluding ortho intramolecular Hbond substituents is 3. The van der Waals surface area contributed by atoms with E-state index < -0.39 is 17.3 Å². The van der Waals surface area contributed by atoms with Crippen molar-refractivity contribution in [1.29, 1.82) is 0 Å². The lowest BCUT2D eigenvalue weighted by Crippen LogP contribution is -2.22. The number of ether oxygens (including phenoxy) is 2. The Morgan fingerprint density at radius 1 is 0.909 bits per heavy atom. The van der Waals surface area contributed by atoms with E-state index >= 15 is 0 Å². The highest BCUT2D eigenvalue weighted by atomic mass is 16.5. The quantitative estimate of drug-likeness (QED) is 0.245. The van der Waals surface area contributed by atoms with Crippen molar-refractivity contribution in [3.63, 3.8) is 0 Å². The first-order valence-electron chi connectivity index (χ1n) is 10.1. The van der Waals surface area contributed by atoms with Gasteiger partial charge in [0.25, 0.3) is 0 Å². The number of benzene rings is 3. The van der Waals surface area contributed by atoms with Crippen molar-refractivity contribution < 1.29 is 34.0 Å². The lowest BCUT2D eigenvalue weighted by molar-refractivity contribution is -0.135. The van der Waals surface area contributed by atoms with Gasteiger partial charge in [0.15, 0.2) is 16.9 Å². The maximum atomic E-state index is 13.0. The summed E-state index contributed by atoms with van der Waals surface area (Å²) in [6.07, 6.45) is 0.00708. The molecule has 0 bridgehead atoms. The van der Waals surface area contributed by atoms with Crippen LogP contribution in [-0.2, 0) is 4.79 Å². The van der Waals surface area contributed by atoms with Crippen LogP contribution < -0.4 is 14.9 Å². The van der Waals surface area contributed by atoms with Crippen molar-refractivity contribution in [2.24, 2.45) is 0 Å². The second kappa shape index (κ2) is 7.59. The number of methoxy groups -OCH3 is 1. The minimum absolute atomic E-state index is 0.00708. The highest BCUT2D eigenvalue weighted by Crippen LogP contribution is 2.46. The fourth-order valence-corrected chi connectivity index (χ4v) is 4.10. The number of carbonyl (C=O) groups is 1. The van der Waals surface area contributed by atoms with E-state index in [1.165, 1.54) is 30.3 Å². The van der Waals surface area contributed by atoms with Crippen molar-refractivity contribution in [3.8, 4) is 40.1 Å². The Morgan fingerprint density at radius 2 is 1.67 bits per heavy atom. The summed E-state index contributed by atoms with van der Waals surface area (Å²) in [6, 6.07) is 13.6. The molecule has 1 aromatic heterocycles. The van der Waals surface area contributed by atoms with Gasteiger partial charge in [-0.25, -0.2) is 0 Å². The summed E-state index contributed by atoms with van der Waals surface area (Å²) in [4.78, 5) is 25.3. The molecule has 0 saturated carbocycles. The molecule has 0 fully saturated rings. The molecule has 3 aromatic carbocycles. The first-order chi connectivity index (χ1) is 15.9. The third-order valence-corrected chi connectivity index (χ3v) is 5.70. The van der Waals surface area contributed by atoms with Gasteiger partial charge in [-0.1, -0.05) is 12.1 Å². The predicted molar refractivity (Wildman–Crippen MR) is 118 cm³/mol. The number of aromatic hydroxyl groups is 3. The fraction of sp³-hybridized carbons (Fsp3) is 0.120. The predicted octanol–water partition coefficient (Wildman–Crippen LogP) is 4.03. The van der Waals surface area contributed by atoms with Crippen LogP contribution >= 0.6 is 0 Å². The maximum Gasteiger partial charge on any atom is 0.312 e. The van der Waals surface area contributed by atoms with Gasteiger partial charge in [0, 0.05) is 29.2 Å². The molecular weight excluding hydrogens is 428 g/mol. The SMILES string of the molecule is COc1ccc([C@H]2CC(=O)Oc3cc(O)c4c(=O)cc(-c5ccc(O)c(O)c5)oc4c32)cc1. The number of fused-ring (bicyclic) bond motifs is 3. The van der Waals surface area contributed by atoms with Crippen LogP contribution in [0.4, 0.5) is 0 Å². The summed E-state index contributed by atoms with van der Waals surface area (Å²) in [5.74, 6) is -1.19. The third kappa shape index (κ3) is 3.41. The molecule has 2 heterocycles. The zero-order valence-electron chi connectivity index (χ0n) is 17.4. The van der Waals surface area contributed by atoms with Crippen molar-refractivity contribution in [2.75, 3.05) is 7.11 Å². The Hall–Kier alpha value is -4.46. The van der Waals surface area contributed by atoms with Crippen LogP contribution in [0.3, 0.4) is 0 Å². The van der Waals surface area contributed by atoms with Crippen molar-refractivity contribution in [1.82, 2.24) is 0 Å². The van der Waals surface area contributed by atoms with Gasteiger partial charge in [-0.2, -0.15) is 0 Å². The average Bonchev–Trinajstić information content (AvgIpc) is 2.79. The van der Waals surface area contributed by atoms with Crippen LogP contribution in [0, 0.1) is 0 Å². The number of hydrogen-bond acceptors (Lipinski definition) is 8. The summed E-state index contributed by atoms with van der Waals surface area (Å²) < 4.78 is 16.7. The Bertz CT molecular complexity index is 1470. The van der Waals surface area contributed by atoms with E-state index in [1.54, 1.807) is 19.2 Å². The lowest BCUT2D eigenvalue weighted by Gasteiger charge is -2.26. The monoisotopic (exact) mass is 446 g/mol. The van der Waals surface area contributed by atoms with E-state index in [1.807, 2.05) is 12.1 Å². The van der Waals surface area contributed by atoms with Gasteiger partial charge in [0.2, 0.25) is 0 Å². The van der Waals surface area contributed by atoms with Crippen LogP contribution in [0.25, 0.3) is 22.3 Å². The number of carbonyl (C=O) groups excluding carboxylic acids is 1. The zero-order valence-corrected chi connectivity index (χ0v) is 17.4. The zero-order chi connectivity index (χ0) is 23.3. The molecule has 1 aliphatic heterocycles. The van der Waals surface area contributed by atoms with E-state index in [9.17, 15) is 24.9 Å². The first kappa shape index (κ1) is 20.4. The van der Waals surface area contributed by atoms with Crippen LogP contribution in [0.2, 0.25) is 0 Å². The van der Waals surface area contributed by atoms with Gasteiger partial charge < -0.3 is 29.2 Å². The maximum absolute atomic E-state index is 13.0. The van der Waals surface area contributed by atoms with E-state index in [4.69, 9.17) is 13.9 Å². The molecule has 4 aromatic rings. The van der Waals surface area contributed by atoms with Crippen LogP contribution in [0.15, 0.2) is 63.8 Å². The molecule has 166 valence electrons. The number of phenols is 3. The summed E-state index contributed by atoms with van der Waals surface area (Å²) in [7, 11) is 1.55. The van der Waals surface area contributed by atoms with Crippen molar-refractivity contribution in [3.05, 3.63) is 75.9 Å². The van der Waals surface area contributed by atoms with E-state index in [0.717, 1.165) is 5.56 Å². The summed E-state index contributed by atoms with van der Waals surface area (Å²) in [5, 5.41) is 29.9. The van der Waals surface area contributed by atoms with Crippen LogP contribution in [0.1, 0.15) is 23.5 Å². The molecule has 5 rings (SSSR count). The van der Waals surface area contributed by atoms with Gasteiger partial charge in [0.05, 0.1) is 13.5 Å². The number of hydrogen-bond donors (Lipinski definition) is 3. The molecule has 0 unspecified atom stereocenters. The largest absolute Gasteiger partial charge is 0.507 e. The molecule has 3 N–H and O–H groups in total. The minimum atomic E-state index is -0.510. The van der Waals surface area contributed by atoms with E-state index in [2.05, 4.69) is 0 Å². The number of esters is 1. The third-order valence-electron chi connectivity index (χ3n) is 5.70. The second-order valence-electron chi connectivity index (χ2n) is 7.69. The van der Waals surface area contributed by atoms with Gasteiger partial charge in [-0.3, -0.25) is 9.59 Å². The lowest BCUT2D eigenvalue weighted by atomic mass is 9.85. The van der Waals surface area contributed by atoms with Crippen LogP contribution in [0.5, 0.6) is 28.7 Å². The van der Waals surface area contributed by atoms with Gasteiger partial charge in [0.1, 0.15) is 34.0 Å². The molecular formula is C25H18O8. The highest BCUT2D eigenvalue weighted by molar-refractivity contribution is 5.93. The molecule has 0 aliphatic carbocycles. The van der Waals surface area contributed by atoms with Gasteiger partial charge in [-0.05, 0) is 35.9 Å². The molecule has 0 saturated heterocycles. The normalized spacial score (nSPS) is 15.2. The molecule has 8 heteroatoms. The summed E-state index contributed by atoms with van der Waals surface area (Å²) in [5.41, 5.74) is 1.14. The molecule has 0 spiro atoms. The molecule has 33 heavy (non-hydrogen) atoms. The van der Waals surface area contributed by atoms with Crippen LogP contribution in [-0.4, -0.2) is 28.4 Å². The smallest absolute Gasteiger partial charge is 0.312 e. The first-order valence-corrected chi connectivity index (χ1v) is 10.1. The van der Waals surface area contributed by atoms with Gasteiger partial charge >= 0.3 is 5.97 Å². The molecule has 1 aliphatic rings. The standard InChI is InChI=1S/C25H18O8/c1-31-14-5-2-12(3-6-14)15-9-22(30)32-21-11-19(29)24-18(28)10-20(33-25(24)23(15)21)13-4-7-16(26)17(27)8-13/h2-8,10-11,15,26-27,29H,9H2,1H3/t15-/m1/s1. The fourth-order valence-electron chi connectivity index (χ4n) is 4.10. The Morgan fingerprint density at radius 3 is 2.36 bits per heavy atom. The average molecular weight is 446 g/mol. The Labute approximate surface area is 186 Å².